The van der Waals surface area contributed by atoms with Crippen LogP contribution in [-0.4, -0.2) is 36.1 Å². The molecule has 1 N–H and O–H groups in total. The molecule has 2 aliphatic heterocycles. The van der Waals surface area contributed by atoms with Crippen molar-refractivity contribution in [3.05, 3.63) is 36.4 Å². The molecular weight excluding hydrogens is 334 g/mol. The SMILES string of the molecule is C=CC(=O)N1CCCC(C(=O)NCc2ccc3c(c2)OC(F)(F)O3)C1. The van der Waals surface area contributed by atoms with Gasteiger partial charge in [-0.3, -0.25) is 9.59 Å². The van der Waals surface area contributed by atoms with E-state index >= 15 is 0 Å². The van der Waals surface area contributed by atoms with Gasteiger partial charge < -0.3 is 19.7 Å². The van der Waals surface area contributed by atoms with Gasteiger partial charge in [-0.25, -0.2) is 0 Å². The van der Waals surface area contributed by atoms with Crippen molar-refractivity contribution in [1.82, 2.24) is 10.2 Å². The molecule has 1 unspecified atom stereocenters. The molecule has 8 heteroatoms. The fraction of sp³-hybridized carbons (Fsp3) is 0.412. The Morgan fingerprint density at radius 3 is 2.88 bits per heavy atom. The maximum absolute atomic E-state index is 13.0. The first-order valence-electron chi connectivity index (χ1n) is 7.96. The summed E-state index contributed by atoms with van der Waals surface area (Å²) in [6.07, 6.45) is -0.979. The van der Waals surface area contributed by atoms with Crippen LogP contribution in [0.25, 0.3) is 0 Å². The second-order valence-electron chi connectivity index (χ2n) is 5.99. The largest absolute Gasteiger partial charge is 0.586 e. The molecule has 6 nitrogen and oxygen atoms in total. The average Bonchev–Trinajstić information content (AvgIpc) is 2.92. The number of nitrogens with zero attached hydrogens (tertiary/aromatic N) is 1. The molecule has 0 radical (unpaired) electrons. The van der Waals surface area contributed by atoms with E-state index in [0.717, 1.165) is 6.42 Å². The van der Waals surface area contributed by atoms with Crippen LogP contribution in [0.3, 0.4) is 0 Å². The minimum atomic E-state index is -3.66. The number of ether oxygens (including phenoxy) is 2. The van der Waals surface area contributed by atoms with Crippen LogP contribution in [-0.2, 0) is 16.1 Å². The summed E-state index contributed by atoms with van der Waals surface area (Å²) in [4.78, 5) is 25.6. The lowest BCUT2D eigenvalue weighted by Gasteiger charge is -2.31. The maximum Gasteiger partial charge on any atom is 0.586 e. The predicted octanol–water partition coefficient (Wildman–Crippen LogP) is 2.05. The molecule has 0 spiro atoms. The topological polar surface area (TPSA) is 67.9 Å². The van der Waals surface area contributed by atoms with Crippen LogP contribution in [0, 0.1) is 5.92 Å². The van der Waals surface area contributed by atoms with Gasteiger partial charge in [0.1, 0.15) is 0 Å². The molecular formula is C17H18F2N2O4. The van der Waals surface area contributed by atoms with Gasteiger partial charge in [0.05, 0.1) is 5.92 Å². The van der Waals surface area contributed by atoms with E-state index in [1.165, 1.54) is 18.2 Å². The molecule has 1 saturated heterocycles. The lowest BCUT2D eigenvalue weighted by molar-refractivity contribution is -0.286. The molecule has 25 heavy (non-hydrogen) atoms. The standard InChI is InChI=1S/C17H18F2N2O4/c1-2-15(22)21-7-3-4-12(10-21)16(23)20-9-11-5-6-13-14(8-11)25-17(18,19)24-13/h2,5-6,8,12H,1,3-4,7,9-10H2,(H,20,23). The van der Waals surface area contributed by atoms with Crippen LogP contribution in [0.4, 0.5) is 8.78 Å². The molecule has 1 fully saturated rings. The third kappa shape index (κ3) is 3.89. The highest BCUT2D eigenvalue weighted by Crippen LogP contribution is 2.41. The highest BCUT2D eigenvalue weighted by Gasteiger charge is 2.43. The van der Waals surface area contributed by atoms with E-state index in [-0.39, 0.29) is 35.8 Å². The van der Waals surface area contributed by atoms with Crippen molar-refractivity contribution in [2.24, 2.45) is 5.92 Å². The molecule has 2 aliphatic rings. The number of alkyl halides is 2. The summed E-state index contributed by atoms with van der Waals surface area (Å²) in [7, 11) is 0. The molecule has 0 aliphatic carbocycles. The smallest absolute Gasteiger partial charge is 0.395 e. The molecule has 1 aromatic rings. The van der Waals surface area contributed by atoms with Crippen LogP contribution in [0.1, 0.15) is 18.4 Å². The molecule has 2 amide bonds. The van der Waals surface area contributed by atoms with Crippen LogP contribution in [0.2, 0.25) is 0 Å². The van der Waals surface area contributed by atoms with Gasteiger partial charge in [0.15, 0.2) is 11.5 Å². The predicted molar refractivity (Wildman–Crippen MR) is 84.0 cm³/mol. The third-order valence-electron chi connectivity index (χ3n) is 4.21. The second-order valence-corrected chi connectivity index (χ2v) is 5.99. The zero-order chi connectivity index (χ0) is 18.0. The van der Waals surface area contributed by atoms with Gasteiger partial charge in [0, 0.05) is 19.6 Å². The van der Waals surface area contributed by atoms with E-state index in [0.29, 0.717) is 25.1 Å². The van der Waals surface area contributed by atoms with Crippen LogP contribution in [0.15, 0.2) is 30.9 Å². The molecule has 0 bridgehead atoms. The number of likely N-dealkylation sites (tertiary alicyclic amines) is 1. The quantitative estimate of drug-likeness (QED) is 0.842. The van der Waals surface area contributed by atoms with Crippen LogP contribution >= 0.6 is 0 Å². The molecule has 134 valence electrons. The number of nitrogens with one attached hydrogen (secondary N) is 1. The molecule has 0 aromatic heterocycles. The number of halogens is 2. The number of carbonyl (C=O) groups excluding carboxylic acids is 2. The van der Waals surface area contributed by atoms with E-state index in [1.54, 1.807) is 11.0 Å². The van der Waals surface area contributed by atoms with Gasteiger partial charge in [-0.15, -0.1) is 8.78 Å². The Morgan fingerprint density at radius 1 is 1.36 bits per heavy atom. The van der Waals surface area contributed by atoms with E-state index in [9.17, 15) is 18.4 Å². The van der Waals surface area contributed by atoms with Crippen molar-refractivity contribution in [2.75, 3.05) is 13.1 Å². The van der Waals surface area contributed by atoms with Crippen molar-refractivity contribution in [3.63, 3.8) is 0 Å². The van der Waals surface area contributed by atoms with E-state index in [2.05, 4.69) is 21.4 Å². The Balaban J connectivity index is 1.56. The Bertz CT molecular complexity index is 708. The number of rotatable bonds is 4. The van der Waals surface area contributed by atoms with Gasteiger partial charge in [0.2, 0.25) is 11.8 Å². The number of hydrogen-bond acceptors (Lipinski definition) is 4. The van der Waals surface area contributed by atoms with Crippen molar-refractivity contribution in [2.45, 2.75) is 25.7 Å². The number of benzene rings is 1. The first kappa shape index (κ1) is 17.2. The summed E-state index contributed by atoms with van der Waals surface area (Å²) < 4.78 is 34.7. The van der Waals surface area contributed by atoms with Gasteiger partial charge in [0.25, 0.3) is 0 Å². The second kappa shape index (κ2) is 6.70. The zero-order valence-electron chi connectivity index (χ0n) is 13.5. The highest BCUT2D eigenvalue weighted by molar-refractivity contribution is 5.88. The minimum absolute atomic E-state index is 0.0362. The number of amides is 2. The Kier molecular flexibility index (Phi) is 4.61. The zero-order valence-corrected chi connectivity index (χ0v) is 13.5. The Labute approximate surface area is 143 Å². The first-order chi connectivity index (χ1) is 11.9. The van der Waals surface area contributed by atoms with Crippen molar-refractivity contribution >= 4 is 11.8 Å². The van der Waals surface area contributed by atoms with Crippen molar-refractivity contribution in [3.8, 4) is 11.5 Å². The fourth-order valence-corrected chi connectivity index (χ4v) is 2.96. The molecule has 2 heterocycles. The first-order valence-corrected chi connectivity index (χ1v) is 7.96. The molecule has 3 rings (SSSR count). The number of fused-ring (bicyclic) bond motifs is 1. The average molecular weight is 352 g/mol. The fourth-order valence-electron chi connectivity index (χ4n) is 2.96. The van der Waals surface area contributed by atoms with Crippen LogP contribution in [0.5, 0.6) is 11.5 Å². The van der Waals surface area contributed by atoms with Crippen molar-refractivity contribution in [1.29, 1.82) is 0 Å². The summed E-state index contributed by atoms with van der Waals surface area (Å²) >= 11 is 0. The number of piperidine rings is 1. The number of carbonyl (C=O) groups is 2. The number of hydrogen-bond donors (Lipinski definition) is 1. The van der Waals surface area contributed by atoms with Gasteiger partial charge in [-0.1, -0.05) is 12.6 Å². The summed E-state index contributed by atoms with van der Waals surface area (Å²) in [5.41, 5.74) is 0.614. The summed E-state index contributed by atoms with van der Waals surface area (Å²) in [5.74, 6) is -0.752. The van der Waals surface area contributed by atoms with Crippen LogP contribution < -0.4 is 14.8 Å². The Hall–Kier alpha value is -2.64. The lowest BCUT2D eigenvalue weighted by atomic mass is 9.97. The van der Waals surface area contributed by atoms with Crippen molar-refractivity contribution < 1.29 is 27.8 Å². The molecule has 1 aromatic carbocycles. The maximum atomic E-state index is 13.0. The van der Waals surface area contributed by atoms with Gasteiger partial charge in [-0.2, -0.15) is 0 Å². The monoisotopic (exact) mass is 352 g/mol. The van der Waals surface area contributed by atoms with Gasteiger partial charge >= 0.3 is 6.29 Å². The third-order valence-corrected chi connectivity index (χ3v) is 4.21. The van der Waals surface area contributed by atoms with E-state index < -0.39 is 6.29 Å². The molecule has 1 atom stereocenters. The lowest BCUT2D eigenvalue weighted by Crippen LogP contribution is -2.44. The summed E-state index contributed by atoms with van der Waals surface area (Å²) in [5, 5.41) is 2.77. The highest BCUT2D eigenvalue weighted by atomic mass is 19.3. The minimum Gasteiger partial charge on any atom is -0.395 e. The van der Waals surface area contributed by atoms with E-state index in [1.807, 2.05) is 0 Å². The summed E-state index contributed by atoms with van der Waals surface area (Å²) in [6.45, 7) is 4.59. The molecule has 0 saturated carbocycles. The summed E-state index contributed by atoms with van der Waals surface area (Å²) in [6, 6.07) is 4.37. The van der Waals surface area contributed by atoms with E-state index in [4.69, 9.17) is 0 Å². The normalized spacial score (nSPS) is 20.9. The van der Waals surface area contributed by atoms with Gasteiger partial charge in [-0.05, 0) is 36.6 Å². The Morgan fingerprint density at radius 2 is 2.12 bits per heavy atom.